The lowest BCUT2D eigenvalue weighted by Crippen LogP contribution is -2.40. The van der Waals surface area contributed by atoms with Gasteiger partial charge in [-0.15, -0.1) is 0 Å². The van der Waals surface area contributed by atoms with Gasteiger partial charge in [0.2, 0.25) is 0 Å². The highest BCUT2D eigenvalue weighted by atomic mass is 19.1. The number of amides is 1. The standard InChI is InChI=1S/C14H19FN2O/c1-9-2-3-10(15)8-13(9)14(18)17-12-6-4-11(16)5-7-12/h2-3,8,11-12H,4-7,16H2,1H3,(H,17,18). The minimum atomic E-state index is -0.378. The smallest absolute Gasteiger partial charge is 0.251 e. The molecule has 1 fully saturated rings. The van der Waals surface area contributed by atoms with Gasteiger partial charge in [0.05, 0.1) is 0 Å². The summed E-state index contributed by atoms with van der Waals surface area (Å²) in [6.45, 7) is 1.81. The molecule has 1 saturated carbocycles. The molecule has 0 aliphatic heterocycles. The van der Waals surface area contributed by atoms with Crippen LogP contribution in [0.2, 0.25) is 0 Å². The molecule has 1 aliphatic carbocycles. The average Bonchev–Trinajstić information content (AvgIpc) is 2.35. The third-order valence-electron chi connectivity index (χ3n) is 3.55. The molecule has 0 heterocycles. The largest absolute Gasteiger partial charge is 0.349 e. The molecule has 0 atom stereocenters. The summed E-state index contributed by atoms with van der Waals surface area (Å²) in [4.78, 5) is 12.1. The van der Waals surface area contributed by atoms with Gasteiger partial charge in [-0.05, 0) is 50.3 Å². The Morgan fingerprint density at radius 1 is 1.33 bits per heavy atom. The summed E-state index contributed by atoms with van der Waals surface area (Å²) in [7, 11) is 0. The highest BCUT2D eigenvalue weighted by Crippen LogP contribution is 2.18. The van der Waals surface area contributed by atoms with Crippen LogP contribution in [0.15, 0.2) is 18.2 Å². The Kier molecular flexibility index (Phi) is 3.97. The third kappa shape index (κ3) is 3.07. The zero-order valence-electron chi connectivity index (χ0n) is 10.6. The minimum absolute atomic E-state index is 0.167. The van der Waals surface area contributed by atoms with E-state index < -0.39 is 0 Å². The van der Waals surface area contributed by atoms with Crippen LogP contribution >= 0.6 is 0 Å². The summed E-state index contributed by atoms with van der Waals surface area (Å²) >= 11 is 0. The lowest BCUT2D eigenvalue weighted by Gasteiger charge is -2.27. The second-order valence-electron chi connectivity index (χ2n) is 5.04. The molecule has 0 bridgehead atoms. The lowest BCUT2D eigenvalue weighted by atomic mass is 9.91. The van der Waals surface area contributed by atoms with Crippen molar-refractivity contribution in [2.45, 2.75) is 44.7 Å². The van der Waals surface area contributed by atoms with Crippen molar-refractivity contribution >= 4 is 5.91 Å². The highest BCUT2D eigenvalue weighted by Gasteiger charge is 2.21. The quantitative estimate of drug-likeness (QED) is 0.845. The summed E-state index contributed by atoms with van der Waals surface area (Å²) in [5.74, 6) is -0.566. The normalized spacial score (nSPS) is 23.7. The molecule has 1 aromatic carbocycles. The Morgan fingerprint density at radius 3 is 2.67 bits per heavy atom. The van der Waals surface area contributed by atoms with E-state index in [1.165, 1.54) is 12.1 Å². The van der Waals surface area contributed by atoms with E-state index in [1.54, 1.807) is 6.07 Å². The maximum atomic E-state index is 13.1. The predicted molar refractivity (Wildman–Crippen MR) is 68.8 cm³/mol. The molecule has 0 unspecified atom stereocenters. The third-order valence-corrected chi connectivity index (χ3v) is 3.55. The maximum Gasteiger partial charge on any atom is 0.251 e. The van der Waals surface area contributed by atoms with Gasteiger partial charge in [0.25, 0.3) is 5.91 Å². The van der Waals surface area contributed by atoms with E-state index in [4.69, 9.17) is 5.73 Å². The van der Waals surface area contributed by atoms with Crippen LogP contribution in [-0.4, -0.2) is 18.0 Å². The number of hydrogen-bond donors (Lipinski definition) is 2. The van der Waals surface area contributed by atoms with Crippen molar-refractivity contribution in [3.63, 3.8) is 0 Å². The van der Waals surface area contributed by atoms with Gasteiger partial charge in [-0.1, -0.05) is 6.07 Å². The Hall–Kier alpha value is -1.42. The zero-order valence-corrected chi connectivity index (χ0v) is 10.6. The molecular formula is C14H19FN2O. The molecule has 3 N–H and O–H groups in total. The van der Waals surface area contributed by atoms with Gasteiger partial charge in [0.15, 0.2) is 0 Å². The molecular weight excluding hydrogens is 231 g/mol. The van der Waals surface area contributed by atoms with Crippen LogP contribution < -0.4 is 11.1 Å². The molecule has 98 valence electrons. The summed E-state index contributed by atoms with van der Waals surface area (Å²) in [6.07, 6.45) is 3.68. The predicted octanol–water partition coefficient (Wildman–Crippen LogP) is 2.13. The van der Waals surface area contributed by atoms with E-state index in [0.29, 0.717) is 5.56 Å². The average molecular weight is 250 g/mol. The monoisotopic (exact) mass is 250 g/mol. The fraction of sp³-hybridized carbons (Fsp3) is 0.500. The van der Waals surface area contributed by atoms with Crippen molar-refractivity contribution < 1.29 is 9.18 Å². The number of rotatable bonds is 2. The van der Waals surface area contributed by atoms with Crippen molar-refractivity contribution in [1.29, 1.82) is 0 Å². The van der Waals surface area contributed by atoms with Crippen LogP contribution in [0.5, 0.6) is 0 Å². The van der Waals surface area contributed by atoms with E-state index in [-0.39, 0.29) is 23.8 Å². The molecule has 1 aliphatic rings. The van der Waals surface area contributed by atoms with Crippen molar-refractivity contribution in [2.75, 3.05) is 0 Å². The summed E-state index contributed by atoms with van der Waals surface area (Å²) in [6, 6.07) is 4.71. The number of nitrogens with one attached hydrogen (secondary N) is 1. The Morgan fingerprint density at radius 2 is 2.00 bits per heavy atom. The Labute approximate surface area is 107 Å². The van der Waals surface area contributed by atoms with Gasteiger partial charge < -0.3 is 11.1 Å². The van der Waals surface area contributed by atoms with Crippen LogP contribution in [0.3, 0.4) is 0 Å². The molecule has 0 saturated heterocycles. The highest BCUT2D eigenvalue weighted by molar-refractivity contribution is 5.95. The first-order valence-electron chi connectivity index (χ1n) is 6.39. The molecule has 4 heteroatoms. The second-order valence-corrected chi connectivity index (χ2v) is 5.04. The number of benzene rings is 1. The first-order chi connectivity index (χ1) is 8.56. The molecule has 1 aromatic rings. The van der Waals surface area contributed by atoms with Gasteiger partial charge in [-0.25, -0.2) is 4.39 Å². The van der Waals surface area contributed by atoms with E-state index in [0.717, 1.165) is 31.2 Å². The summed E-state index contributed by atoms with van der Waals surface area (Å²) in [5, 5.41) is 2.96. The molecule has 18 heavy (non-hydrogen) atoms. The number of nitrogens with two attached hydrogens (primary N) is 1. The lowest BCUT2D eigenvalue weighted by molar-refractivity contribution is 0.0925. The summed E-state index contributed by atoms with van der Waals surface area (Å²) < 4.78 is 13.1. The van der Waals surface area contributed by atoms with Gasteiger partial charge in [0, 0.05) is 17.6 Å². The van der Waals surface area contributed by atoms with Gasteiger partial charge >= 0.3 is 0 Å². The van der Waals surface area contributed by atoms with Crippen LogP contribution in [0.4, 0.5) is 4.39 Å². The zero-order chi connectivity index (χ0) is 13.1. The first kappa shape index (κ1) is 13.0. The number of carbonyl (C=O) groups is 1. The van der Waals surface area contributed by atoms with Gasteiger partial charge in [-0.2, -0.15) is 0 Å². The SMILES string of the molecule is Cc1ccc(F)cc1C(=O)NC1CCC(N)CC1. The minimum Gasteiger partial charge on any atom is -0.349 e. The van der Waals surface area contributed by atoms with Crippen molar-refractivity contribution in [2.24, 2.45) is 5.73 Å². The van der Waals surface area contributed by atoms with E-state index in [2.05, 4.69) is 5.32 Å². The van der Waals surface area contributed by atoms with Crippen molar-refractivity contribution in [3.05, 3.63) is 35.1 Å². The van der Waals surface area contributed by atoms with Crippen LogP contribution in [0.1, 0.15) is 41.6 Å². The molecule has 3 nitrogen and oxygen atoms in total. The fourth-order valence-corrected chi connectivity index (χ4v) is 2.37. The second kappa shape index (κ2) is 5.48. The van der Waals surface area contributed by atoms with Crippen molar-refractivity contribution in [1.82, 2.24) is 5.32 Å². The summed E-state index contributed by atoms with van der Waals surface area (Å²) in [5.41, 5.74) is 7.03. The number of hydrogen-bond acceptors (Lipinski definition) is 2. The topological polar surface area (TPSA) is 55.1 Å². The van der Waals surface area contributed by atoms with Crippen LogP contribution in [-0.2, 0) is 0 Å². The molecule has 2 rings (SSSR count). The van der Waals surface area contributed by atoms with Crippen molar-refractivity contribution in [3.8, 4) is 0 Å². The van der Waals surface area contributed by atoms with E-state index in [1.807, 2.05) is 6.92 Å². The van der Waals surface area contributed by atoms with Crippen LogP contribution in [0, 0.1) is 12.7 Å². The number of halogens is 1. The van der Waals surface area contributed by atoms with Gasteiger partial charge in [0.1, 0.15) is 5.82 Å². The number of carbonyl (C=O) groups excluding carboxylic acids is 1. The Bertz CT molecular complexity index is 439. The molecule has 1 amide bonds. The fourth-order valence-electron chi connectivity index (χ4n) is 2.37. The Balaban J connectivity index is 2.01. The van der Waals surface area contributed by atoms with Gasteiger partial charge in [-0.3, -0.25) is 4.79 Å². The molecule has 0 spiro atoms. The van der Waals surface area contributed by atoms with Crippen LogP contribution in [0.25, 0.3) is 0 Å². The van der Waals surface area contributed by atoms with E-state index >= 15 is 0 Å². The van der Waals surface area contributed by atoms with E-state index in [9.17, 15) is 9.18 Å². The molecule has 0 aromatic heterocycles. The maximum absolute atomic E-state index is 13.1. The first-order valence-corrected chi connectivity index (χ1v) is 6.39. The molecule has 0 radical (unpaired) electrons. The number of aryl methyl sites for hydroxylation is 1.